The van der Waals surface area contributed by atoms with Crippen LogP contribution in [0.25, 0.3) is 11.0 Å². The predicted octanol–water partition coefficient (Wildman–Crippen LogP) is 1.75. The van der Waals surface area contributed by atoms with Crippen molar-refractivity contribution in [3.05, 3.63) is 24.5 Å². The van der Waals surface area contributed by atoms with Crippen LogP contribution in [0.2, 0.25) is 0 Å². The predicted molar refractivity (Wildman–Crippen MR) is 74.7 cm³/mol. The third-order valence-electron chi connectivity index (χ3n) is 3.93. The molecule has 1 saturated heterocycles. The molecule has 1 aromatic carbocycles. The summed E-state index contributed by atoms with van der Waals surface area (Å²) in [4.78, 5) is 6.98. The SMILES string of the molecule is Cn1cnc2c(N3CCCC(CN)C3)cccc21. The normalized spacial score (nSPS) is 20.6. The van der Waals surface area contributed by atoms with Gasteiger partial charge in [-0.15, -0.1) is 0 Å². The highest BCUT2D eigenvalue weighted by Gasteiger charge is 2.21. The van der Waals surface area contributed by atoms with Crippen molar-refractivity contribution in [2.45, 2.75) is 12.8 Å². The average molecular weight is 244 g/mol. The van der Waals surface area contributed by atoms with Gasteiger partial charge in [0, 0.05) is 20.1 Å². The lowest BCUT2D eigenvalue weighted by Gasteiger charge is -2.34. The van der Waals surface area contributed by atoms with Crippen LogP contribution in [0.3, 0.4) is 0 Å². The summed E-state index contributed by atoms with van der Waals surface area (Å²) < 4.78 is 2.07. The van der Waals surface area contributed by atoms with E-state index >= 15 is 0 Å². The maximum atomic E-state index is 5.81. The van der Waals surface area contributed by atoms with Crippen molar-refractivity contribution in [2.24, 2.45) is 18.7 Å². The molecule has 0 aliphatic carbocycles. The van der Waals surface area contributed by atoms with Gasteiger partial charge < -0.3 is 15.2 Å². The lowest BCUT2D eigenvalue weighted by atomic mass is 9.97. The molecule has 0 bridgehead atoms. The van der Waals surface area contributed by atoms with E-state index in [1.165, 1.54) is 24.0 Å². The van der Waals surface area contributed by atoms with Gasteiger partial charge >= 0.3 is 0 Å². The van der Waals surface area contributed by atoms with Gasteiger partial charge in [-0.2, -0.15) is 0 Å². The number of rotatable bonds is 2. The number of aromatic nitrogens is 2. The Morgan fingerprint density at radius 2 is 2.33 bits per heavy atom. The van der Waals surface area contributed by atoms with E-state index in [2.05, 4.69) is 32.7 Å². The molecule has 1 unspecified atom stereocenters. The van der Waals surface area contributed by atoms with E-state index in [0.29, 0.717) is 5.92 Å². The molecule has 96 valence electrons. The quantitative estimate of drug-likeness (QED) is 0.875. The summed E-state index contributed by atoms with van der Waals surface area (Å²) in [7, 11) is 2.04. The van der Waals surface area contributed by atoms with Gasteiger partial charge in [-0.3, -0.25) is 0 Å². The molecule has 3 rings (SSSR count). The number of piperidine rings is 1. The summed E-state index contributed by atoms with van der Waals surface area (Å²) in [5.74, 6) is 0.623. The van der Waals surface area contributed by atoms with Crippen LogP contribution >= 0.6 is 0 Å². The molecule has 1 aliphatic rings. The second-order valence-corrected chi connectivity index (χ2v) is 5.19. The number of aryl methyl sites for hydroxylation is 1. The average Bonchev–Trinajstić information content (AvgIpc) is 2.81. The number of imidazole rings is 1. The first kappa shape index (κ1) is 11.5. The van der Waals surface area contributed by atoms with Crippen molar-refractivity contribution in [3.8, 4) is 0 Å². The van der Waals surface area contributed by atoms with Crippen LogP contribution in [0.15, 0.2) is 24.5 Å². The van der Waals surface area contributed by atoms with Crippen molar-refractivity contribution in [1.82, 2.24) is 9.55 Å². The first-order chi connectivity index (χ1) is 8.79. The van der Waals surface area contributed by atoms with Crippen LogP contribution in [-0.4, -0.2) is 29.2 Å². The van der Waals surface area contributed by atoms with Gasteiger partial charge in [0.05, 0.1) is 17.5 Å². The molecule has 1 fully saturated rings. The fraction of sp³-hybridized carbons (Fsp3) is 0.500. The fourth-order valence-corrected chi connectivity index (χ4v) is 2.87. The van der Waals surface area contributed by atoms with Crippen LogP contribution in [-0.2, 0) is 7.05 Å². The zero-order valence-electron chi connectivity index (χ0n) is 10.8. The summed E-state index contributed by atoms with van der Waals surface area (Å²) in [6.45, 7) is 2.97. The van der Waals surface area contributed by atoms with Crippen molar-refractivity contribution in [1.29, 1.82) is 0 Å². The highest BCUT2D eigenvalue weighted by Crippen LogP contribution is 2.28. The van der Waals surface area contributed by atoms with Crippen LogP contribution in [0.1, 0.15) is 12.8 Å². The van der Waals surface area contributed by atoms with Crippen molar-refractivity contribution in [3.63, 3.8) is 0 Å². The van der Waals surface area contributed by atoms with Crippen molar-refractivity contribution >= 4 is 16.7 Å². The Labute approximate surface area is 107 Å². The van der Waals surface area contributed by atoms with Gasteiger partial charge in [0.2, 0.25) is 0 Å². The first-order valence-electron chi connectivity index (χ1n) is 6.64. The number of nitrogens with zero attached hydrogens (tertiary/aromatic N) is 3. The van der Waals surface area contributed by atoms with Gasteiger partial charge in [-0.1, -0.05) is 6.07 Å². The molecule has 2 aromatic rings. The highest BCUT2D eigenvalue weighted by atomic mass is 15.2. The van der Waals surface area contributed by atoms with Crippen LogP contribution < -0.4 is 10.6 Å². The van der Waals surface area contributed by atoms with Gasteiger partial charge in [0.1, 0.15) is 5.52 Å². The van der Waals surface area contributed by atoms with Gasteiger partial charge in [-0.25, -0.2) is 4.98 Å². The van der Waals surface area contributed by atoms with E-state index in [0.717, 1.165) is 25.2 Å². The van der Waals surface area contributed by atoms with E-state index in [4.69, 9.17) is 5.73 Å². The Morgan fingerprint density at radius 3 is 3.17 bits per heavy atom. The van der Waals surface area contributed by atoms with E-state index in [-0.39, 0.29) is 0 Å². The van der Waals surface area contributed by atoms with E-state index in [9.17, 15) is 0 Å². The molecule has 2 heterocycles. The molecule has 1 aromatic heterocycles. The standard InChI is InChI=1S/C14H20N4/c1-17-10-16-14-12(17)5-2-6-13(14)18-7-3-4-11(8-15)9-18/h2,5-6,10-11H,3-4,7-9,15H2,1H3. The van der Waals surface area contributed by atoms with Crippen molar-refractivity contribution < 1.29 is 0 Å². The second kappa shape index (κ2) is 4.61. The molecule has 0 radical (unpaired) electrons. The zero-order valence-corrected chi connectivity index (χ0v) is 10.8. The smallest absolute Gasteiger partial charge is 0.112 e. The lowest BCUT2D eigenvalue weighted by Crippen LogP contribution is -2.38. The van der Waals surface area contributed by atoms with Crippen LogP contribution in [0.4, 0.5) is 5.69 Å². The largest absolute Gasteiger partial charge is 0.369 e. The number of benzene rings is 1. The lowest BCUT2D eigenvalue weighted by molar-refractivity contribution is 0.424. The highest BCUT2D eigenvalue weighted by molar-refractivity contribution is 5.89. The Morgan fingerprint density at radius 1 is 1.44 bits per heavy atom. The minimum atomic E-state index is 0.623. The van der Waals surface area contributed by atoms with Crippen molar-refractivity contribution in [2.75, 3.05) is 24.5 Å². The topological polar surface area (TPSA) is 47.1 Å². The number of hydrogen-bond acceptors (Lipinski definition) is 3. The minimum Gasteiger partial charge on any atom is -0.369 e. The van der Waals surface area contributed by atoms with Gasteiger partial charge in [0.25, 0.3) is 0 Å². The third kappa shape index (κ3) is 1.86. The fourth-order valence-electron chi connectivity index (χ4n) is 2.87. The monoisotopic (exact) mass is 244 g/mol. The maximum Gasteiger partial charge on any atom is 0.112 e. The zero-order chi connectivity index (χ0) is 12.5. The Hall–Kier alpha value is -1.55. The number of para-hydroxylation sites is 1. The number of anilines is 1. The van der Waals surface area contributed by atoms with Gasteiger partial charge in [0.15, 0.2) is 0 Å². The molecule has 0 amide bonds. The Balaban J connectivity index is 1.98. The number of fused-ring (bicyclic) bond motifs is 1. The first-order valence-corrected chi connectivity index (χ1v) is 6.64. The summed E-state index contributed by atoms with van der Waals surface area (Å²) >= 11 is 0. The molecule has 0 saturated carbocycles. The maximum absolute atomic E-state index is 5.81. The summed E-state index contributed by atoms with van der Waals surface area (Å²) in [6.07, 6.45) is 4.37. The number of hydrogen-bond donors (Lipinski definition) is 1. The minimum absolute atomic E-state index is 0.623. The third-order valence-corrected chi connectivity index (χ3v) is 3.93. The molecular weight excluding hydrogens is 224 g/mol. The van der Waals surface area contributed by atoms with E-state index < -0.39 is 0 Å². The molecule has 18 heavy (non-hydrogen) atoms. The van der Waals surface area contributed by atoms with E-state index in [1.807, 2.05) is 13.4 Å². The molecule has 4 heteroatoms. The molecule has 2 N–H and O–H groups in total. The molecule has 1 aliphatic heterocycles. The Kier molecular flexibility index (Phi) is 2.96. The number of nitrogens with two attached hydrogens (primary N) is 1. The van der Waals surface area contributed by atoms with Crippen LogP contribution in [0, 0.1) is 5.92 Å². The summed E-state index contributed by atoms with van der Waals surface area (Å²) in [5, 5.41) is 0. The summed E-state index contributed by atoms with van der Waals surface area (Å²) in [6, 6.07) is 6.41. The molecule has 1 atom stereocenters. The molecule has 0 spiro atoms. The second-order valence-electron chi connectivity index (χ2n) is 5.19. The molecule has 4 nitrogen and oxygen atoms in total. The molecular formula is C14H20N4. The van der Waals surface area contributed by atoms with E-state index in [1.54, 1.807) is 0 Å². The van der Waals surface area contributed by atoms with Crippen LogP contribution in [0.5, 0.6) is 0 Å². The summed E-state index contributed by atoms with van der Waals surface area (Å²) in [5.41, 5.74) is 9.38. The Bertz CT molecular complexity index is 546. The van der Waals surface area contributed by atoms with Gasteiger partial charge in [-0.05, 0) is 37.4 Å².